The van der Waals surface area contributed by atoms with Gasteiger partial charge in [0.05, 0.1) is 12.0 Å². The number of esters is 1. The molecule has 1 aliphatic carbocycles. The van der Waals surface area contributed by atoms with Crippen molar-refractivity contribution >= 4 is 28.2 Å². The molecule has 27 heavy (non-hydrogen) atoms. The number of anilines is 1. The predicted molar refractivity (Wildman–Crippen MR) is 105 cm³/mol. The van der Waals surface area contributed by atoms with E-state index in [4.69, 9.17) is 4.74 Å². The second-order valence-corrected chi connectivity index (χ2v) is 8.14. The van der Waals surface area contributed by atoms with Crippen molar-refractivity contribution in [2.24, 2.45) is 5.92 Å². The number of hydrogen-bond acceptors (Lipinski definition) is 5. The van der Waals surface area contributed by atoms with Crippen molar-refractivity contribution in [1.29, 1.82) is 5.26 Å². The standard InChI is InChI=1S/C21H22N2O3S/c1-13-3-6-15(7-4-13)10-20(25)26-12-19(24)23-21-17(11-22)16-8-5-14(2)9-18(16)27-21/h3-4,6-7,14H,5,8-10,12H2,1-2H3,(H,23,24)/t14-/m0/s1. The highest BCUT2D eigenvalue weighted by atomic mass is 32.1. The Morgan fingerprint density at radius 2 is 2.07 bits per heavy atom. The van der Waals surface area contributed by atoms with Crippen molar-refractivity contribution in [2.75, 3.05) is 11.9 Å². The zero-order valence-electron chi connectivity index (χ0n) is 15.5. The summed E-state index contributed by atoms with van der Waals surface area (Å²) < 4.78 is 5.07. The van der Waals surface area contributed by atoms with Gasteiger partial charge in [-0.2, -0.15) is 5.26 Å². The highest BCUT2D eigenvalue weighted by molar-refractivity contribution is 7.16. The minimum atomic E-state index is -0.450. The molecule has 1 heterocycles. The zero-order valence-corrected chi connectivity index (χ0v) is 16.3. The molecular formula is C21H22N2O3S. The van der Waals surface area contributed by atoms with E-state index >= 15 is 0 Å². The number of carbonyl (C=O) groups excluding carboxylic acids is 2. The molecule has 0 saturated carbocycles. The summed E-state index contributed by atoms with van der Waals surface area (Å²) in [5.74, 6) is -0.279. The van der Waals surface area contributed by atoms with Crippen LogP contribution in [0.5, 0.6) is 0 Å². The quantitative estimate of drug-likeness (QED) is 0.798. The summed E-state index contributed by atoms with van der Waals surface area (Å²) >= 11 is 1.46. The van der Waals surface area contributed by atoms with Gasteiger partial charge in [-0.3, -0.25) is 9.59 Å². The Balaban J connectivity index is 1.56. The van der Waals surface area contributed by atoms with Crippen LogP contribution >= 0.6 is 11.3 Å². The first-order valence-corrected chi connectivity index (χ1v) is 9.83. The topological polar surface area (TPSA) is 79.2 Å². The second kappa shape index (κ2) is 8.36. The van der Waals surface area contributed by atoms with Crippen LogP contribution in [0.4, 0.5) is 5.00 Å². The van der Waals surface area contributed by atoms with Crippen LogP contribution in [0.2, 0.25) is 0 Å². The van der Waals surface area contributed by atoms with Crippen LogP contribution in [-0.4, -0.2) is 18.5 Å². The predicted octanol–water partition coefficient (Wildman–Crippen LogP) is 3.78. The Labute approximate surface area is 163 Å². The lowest BCUT2D eigenvalue weighted by Gasteiger charge is -2.17. The summed E-state index contributed by atoms with van der Waals surface area (Å²) in [6, 6.07) is 9.81. The number of fused-ring (bicyclic) bond motifs is 1. The summed E-state index contributed by atoms with van der Waals surface area (Å²) in [5.41, 5.74) is 3.58. The normalized spacial score (nSPS) is 15.5. The molecule has 0 saturated heterocycles. The maximum atomic E-state index is 12.2. The zero-order chi connectivity index (χ0) is 19.4. The minimum Gasteiger partial charge on any atom is -0.455 e. The molecule has 1 aromatic carbocycles. The van der Waals surface area contributed by atoms with Crippen LogP contribution in [-0.2, 0) is 33.6 Å². The third-order valence-electron chi connectivity index (χ3n) is 4.71. The Hall–Kier alpha value is -2.65. The summed E-state index contributed by atoms with van der Waals surface area (Å²) in [5, 5.41) is 12.8. The molecule has 1 atom stereocenters. The van der Waals surface area contributed by atoms with E-state index in [0.717, 1.165) is 36.0 Å². The first kappa shape index (κ1) is 19.1. The third-order valence-corrected chi connectivity index (χ3v) is 5.88. The number of nitrogens with zero attached hydrogens (tertiary/aromatic N) is 1. The number of thiophene rings is 1. The first-order valence-electron chi connectivity index (χ1n) is 9.02. The minimum absolute atomic E-state index is 0.127. The molecule has 6 heteroatoms. The van der Waals surface area contributed by atoms with E-state index in [1.54, 1.807) is 0 Å². The molecule has 1 aliphatic rings. The number of carbonyl (C=O) groups is 2. The number of amides is 1. The molecule has 1 amide bonds. The van der Waals surface area contributed by atoms with Gasteiger partial charge < -0.3 is 10.1 Å². The summed E-state index contributed by atoms with van der Waals surface area (Å²) in [7, 11) is 0. The number of benzene rings is 1. The average Bonchev–Trinajstić information content (AvgIpc) is 2.97. The van der Waals surface area contributed by atoms with Gasteiger partial charge >= 0.3 is 5.97 Å². The maximum Gasteiger partial charge on any atom is 0.310 e. The van der Waals surface area contributed by atoms with Gasteiger partial charge in [-0.1, -0.05) is 36.8 Å². The largest absolute Gasteiger partial charge is 0.455 e. The molecule has 0 fully saturated rings. The number of aryl methyl sites for hydroxylation is 1. The Kier molecular flexibility index (Phi) is 5.92. The molecule has 5 nitrogen and oxygen atoms in total. The number of ether oxygens (including phenoxy) is 1. The summed E-state index contributed by atoms with van der Waals surface area (Å²) in [6.45, 7) is 3.82. The third kappa shape index (κ3) is 4.75. The van der Waals surface area contributed by atoms with Crippen molar-refractivity contribution in [3.8, 4) is 6.07 Å². The highest BCUT2D eigenvalue weighted by Gasteiger charge is 2.24. The van der Waals surface area contributed by atoms with Crippen LogP contribution in [0.25, 0.3) is 0 Å². The number of nitriles is 1. The van der Waals surface area contributed by atoms with Crippen LogP contribution in [0.3, 0.4) is 0 Å². The molecule has 0 spiro atoms. The van der Waals surface area contributed by atoms with Crippen molar-refractivity contribution in [1.82, 2.24) is 0 Å². The smallest absolute Gasteiger partial charge is 0.310 e. The summed E-state index contributed by atoms with van der Waals surface area (Å²) in [6.07, 6.45) is 3.00. The van der Waals surface area contributed by atoms with Gasteiger partial charge in [0.25, 0.3) is 5.91 Å². The van der Waals surface area contributed by atoms with E-state index in [1.807, 2.05) is 31.2 Å². The Bertz CT molecular complexity index is 893. The molecule has 0 radical (unpaired) electrons. The van der Waals surface area contributed by atoms with Crippen LogP contribution in [0.15, 0.2) is 24.3 Å². The monoisotopic (exact) mass is 382 g/mol. The molecule has 3 rings (SSSR count). The fourth-order valence-corrected chi connectivity index (χ4v) is 4.57. The van der Waals surface area contributed by atoms with E-state index in [1.165, 1.54) is 16.2 Å². The molecular weight excluding hydrogens is 360 g/mol. The van der Waals surface area contributed by atoms with Gasteiger partial charge in [0, 0.05) is 4.88 Å². The lowest BCUT2D eigenvalue weighted by atomic mass is 9.89. The fraction of sp³-hybridized carbons (Fsp3) is 0.381. The van der Waals surface area contributed by atoms with Gasteiger partial charge in [-0.15, -0.1) is 11.3 Å². The number of rotatable bonds is 5. The van der Waals surface area contributed by atoms with E-state index in [2.05, 4.69) is 18.3 Å². The van der Waals surface area contributed by atoms with Crippen molar-refractivity contribution in [3.05, 3.63) is 51.4 Å². The second-order valence-electron chi connectivity index (χ2n) is 7.04. The number of nitrogens with one attached hydrogen (secondary N) is 1. The number of hydrogen-bond donors (Lipinski definition) is 1. The molecule has 2 aromatic rings. The highest BCUT2D eigenvalue weighted by Crippen LogP contribution is 2.39. The van der Waals surface area contributed by atoms with Gasteiger partial charge in [-0.25, -0.2) is 0 Å². The Morgan fingerprint density at radius 3 is 2.78 bits per heavy atom. The molecule has 0 unspecified atom stereocenters. The van der Waals surface area contributed by atoms with Gasteiger partial charge in [0.15, 0.2) is 6.61 Å². The average molecular weight is 382 g/mol. The van der Waals surface area contributed by atoms with Crippen LogP contribution in [0.1, 0.15) is 40.5 Å². The van der Waals surface area contributed by atoms with Crippen molar-refractivity contribution < 1.29 is 14.3 Å². The van der Waals surface area contributed by atoms with Gasteiger partial charge in [-0.05, 0) is 43.2 Å². The lowest BCUT2D eigenvalue weighted by Crippen LogP contribution is -2.21. The SMILES string of the molecule is Cc1ccc(CC(=O)OCC(=O)Nc2sc3c(c2C#N)CC[C@H](C)C3)cc1. The summed E-state index contributed by atoms with van der Waals surface area (Å²) in [4.78, 5) is 25.3. The lowest BCUT2D eigenvalue weighted by molar-refractivity contribution is -0.146. The fourth-order valence-electron chi connectivity index (χ4n) is 3.19. The van der Waals surface area contributed by atoms with E-state index < -0.39 is 11.9 Å². The van der Waals surface area contributed by atoms with Gasteiger partial charge in [0.1, 0.15) is 11.1 Å². The molecule has 140 valence electrons. The van der Waals surface area contributed by atoms with E-state index in [0.29, 0.717) is 16.5 Å². The molecule has 0 aliphatic heterocycles. The van der Waals surface area contributed by atoms with Gasteiger partial charge in [0.2, 0.25) is 0 Å². The van der Waals surface area contributed by atoms with E-state index in [9.17, 15) is 14.9 Å². The van der Waals surface area contributed by atoms with Crippen LogP contribution in [0, 0.1) is 24.2 Å². The molecule has 1 N–H and O–H groups in total. The van der Waals surface area contributed by atoms with Crippen molar-refractivity contribution in [2.45, 2.75) is 39.5 Å². The molecule has 1 aromatic heterocycles. The van der Waals surface area contributed by atoms with Crippen LogP contribution < -0.4 is 5.32 Å². The van der Waals surface area contributed by atoms with Crippen molar-refractivity contribution in [3.63, 3.8) is 0 Å². The maximum absolute atomic E-state index is 12.2. The molecule has 0 bridgehead atoms. The van der Waals surface area contributed by atoms with E-state index in [-0.39, 0.29) is 13.0 Å². The Morgan fingerprint density at radius 1 is 1.33 bits per heavy atom. The first-order chi connectivity index (χ1) is 13.0.